The van der Waals surface area contributed by atoms with E-state index in [1.165, 1.54) is 6.42 Å². The first-order chi connectivity index (χ1) is 9.35. The fourth-order valence-corrected chi connectivity index (χ4v) is 2.21. The molecule has 6 heteroatoms. The van der Waals surface area contributed by atoms with Gasteiger partial charge in [-0.3, -0.25) is 0 Å². The molecular formula is C13H17N3O3. The van der Waals surface area contributed by atoms with E-state index < -0.39 is 0 Å². The summed E-state index contributed by atoms with van der Waals surface area (Å²) in [5.74, 6) is 2.31. The van der Waals surface area contributed by atoms with Crippen molar-refractivity contribution in [3.63, 3.8) is 0 Å². The monoisotopic (exact) mass is 263 g/mol. The molecule has 0 aliphatic carbocycles. The Balaban J connectivity index is 1.68. The molecule has 0 radical (unpaired) electrons. The van der Waals surface area contributed by atoms with Crippen LogP contribution in [0, 0.1) is 0 Å². The molecule has 1 fully saturated rings. The molecule has 2 aromatic heterocycles. The number of hydrogen-bond donors (Lipinski definition) is 1. The Morgan fingerprint density at radius 2 is 2.26 bits per heavy atom. The average Bonchev–Trinajstić information content (AvgIpc) is 3.08. The largest absolute Gasteiger partial charge is 0.455 e. The van der Waals surface area contributed by atoms with Gasteiger partial charge in [-0.2, -0.15) is 4.98 Å². The van der Waals surface area contributed by atoms with Crippen molar-refractivity contribution < 1.29 is 13.7 Å². The molecule has 19 heavy (non-hydrogen) atoms. The first-order valence-electron chi connectivity index (χ1n) is 6.58. The maximum absolute atomic E-state index is 5.66. The maximum Gasteiger partial charge on any atom is 0.293 e. The van der Waals surface area contributed by atoms with Gasteiger partial charge in [0.25, 0.3) is 5.89 Å². The fraction of sp³-hybridized carbons (Fsp3) is 0.538. The summed E-state index contributed by atoms with van der Waals surface area (Å²) in [6.45, 7) is 1.18. The van der Waals surface area contributed by atoms with Crippen molar-refractivity contribution in [3.8, 4) is 11.7 Å². The summed E-state index contributed by atoms with van der Waals surface area (Å²) in [4.78, 5) is 4.33. The molecule has 0 bridgehead atoms. The topological polar surface area (TPSA) is 87.3 Å². The highest BCUT2D eigenvalue weighted by atomic mass is 16.5. The van der Waals surface area contributed by atoms with Crippen LogP contribution in [-0.2, 0) is 17.7 Å². The highest BCUT2D eigenvalue weighted by molar-refractivity contribution is 5.44. The predicted octanol–water partition coefficient (Wildman–Crippen LogP) is 1.90. The summed E-state index contributed by atoms with van der Waals surface area (Å²) in [6, 6.07) is 3.60. The molecule has 1 atom stereocenters. The lowest BCUT2D eigenvalue weighted by Gasteiger charge is -2.20. The van der Waals surface area contributed by atoms with Crippen LogP contribution in [0.15, 0.2) is 21.1 Å². The smallest absolute Gasteiger partial charge is 0.293 e. The summed E-state index contributed by atoms with van der Waals surface area (Å²) < 4.78 is 16.3. The Kier molecular flexibility index (Phi) is 3.61. The predicted molar refractivity (Wildman–Crippen MR) is 67.2 cm³/mol. The number of furan rings is 1. The molecule has 3 rings (SSSR count). The van der Waals surface area contributed by atoms with Gasteiger partial charge >= 0.3 is 0 Å². The standard InChI is InChI=1S/C13H17N3O3/c14-8-10-4-5-11(18-10)13-15-12(16-19-13)7-9-3-1-2-6-17-9/h4-5,9H,1-3,6-8,14H2. The second-order valence-corrected chi connectivity index (χ2v) is 4.68. The molecule has 102 valence electrons. The Labute approximate surface area is 110 Å². The van der Waals surface area contributed by atoms with Gasteiger partial charge in [-0.25, -0.2) is 0 Å². The first-order valence-corrected chi connectivity index (χ1v) is 6.58. The lowest BCUT2D eigenvalue weighted by atomic mass is 10.1. The van der Waals surface area contributed by atoms with E-state index in [0.29, 0.717) is 36.2 Å². The van der Waals surface area contributed by atoms with Crippen molar-refractivity contribution in [2.75, 3.05) is 6.61 Å². The number of aromatic nitrogens is 2. The maximum atomic E-state index is 5.66. The highest BCUT2D eigenvalue weighted by Crippen LogP contribution is 2.21. The third-order valence-electron chi connectivity index (χ3n) is 3.23. The van der Waals surface area contributed by atoms with E-state index in [4.69, 9.17) is 19.4 Å². The Bertz CT molecular complexity index is 529. The second kappa shape index (κ2) is 5.54. The molecule has 0 aromatic carbocycles. The number of nitrogens with zero attached hydrogens (tertiary/aromatic N) is 2. The van der Waals surface area contributed by atoms with Crippen LogP contribution in [0.1, 0.15) is 30.8 Å². The quantitative estimate of drug-likeness (QED) is 0.906. The van der Waals surface area contributed by atoms with Crippen molar-refractivity contribution in [3.05, 3.63) is 23.7 Å². The molecule has 0 spiro atoms. The zero-order chi connectivity index (χ0) is 13.1. The van der Waals surface area contributed by atoms with Gasteiger partial charge in [0.15, 0.2) is 11.6 Å². The Morgan fingerprint density at radius 1 is 1.32 bits per heavy atom. The third kappa shape index (κ3) is 2.85. The van der Waals surface area contributed by atoms with Gasteiger partial charge < -0.3 is 19.4 Å². The minimum absolute atomic E-state index is 0.204. The van der Waals surface area contributed by atoms with Gasteiger partial charge in [-0.05, 0) is 31.4 Å². The molecule has 0 amide bonds. The van der Waals surface area contributed by atoms with Crippen LogP contribution in [0.2, 0.25) is 0 Å². The van der Waals surface area contributed by atoms with Gasteiger partial charge in [0, 0.05) is 13.0 Å². The molecule has 2 aromatic rings. The molecule has 1 aliphatic rings. The molecule has 2 N–H and O–H groups in total. The molecule has 6 nitrogen and oxygen atoms in total. The fourth-order valence-electron chi connectivity index (χ4n) is 2.21. The van der Waals surface area contributed by atoms with Crippen molar-refractivity contribution in [1.29, 1.82) is 0 Å². The minimum atomic E-state index is 0.204. The van der Waals surface area contributed by atoms with Crippen LogP contribution in [0.5, 0.6) is 0 Å². The number of ether oxygens (including phenoxy) is 1. The first kappa shape index (κ1) is 12.4. The van der Waals surface area contributed by atoms with E-state index in [2.05, 4.69) is 10.1 Å². The van der Waals surface area contributed by atoms with E-state index in [0.717, 1.165) is 19.4 Å². The lowest BCUT2D eigenvalue weighted by Crippen LogP contribution is -2.21. The molecular weight excluding hydrogens is 246 g/mol. The number of rotatable bonds is 4. The van der Waals surface area contributed by atoms with Crippen molar-refractivity contribution in [2.24, 2.45) is 5.73 Å². The van der Waals surface area contributed by atoms with E-state index in [1.807, 2.05) is 6.07 Å². The lowest BCUT2D eigenvalue weighted by molar-refractivity contribution is 0.0153. The summed E-state index contributed by atoms with van der Waals surface area (Å²) >= 11 is 0. The molecule has 1 aliphatic heterocycles. The van der Waals surface area contributed by atoms with Crippen LogP contribution in [0.3, 0.4) is 0 Å². The summed E-state index contributed by atoms with van der Waals surface area (Å²) in [5.41, 5.74) is 5.49. The number of nitrogens with two attached hydrogens (primary N) is 1. The van der Waals surface area contributed by atoms with Gasteiger partial charge in [0.2, 0.25) is 0 Å². The van der Waals surface area contributed by atoms with Crippen molar-refractivity contribution in [2.45, 2.75) is 38.3 Å². The zero-order valence-corrected chi connectivity index (χ0v) is 10.7. The van der Waals surface area contributed by atoms with E-state index in [1.54, 1.807) is 6.07 Å². The van der Waals surface area contributed by atoms with Gasteiger partial charge in [-0.1, -0.05) is 5.16 Å². The van der Waals surface area contributed by atoms with Gasteiger partial charge in [-0.15, -0.1) is 0 Å². The molecule has 1 saturated heterocycles. The summed E-state index contributed by atoms with van der Waals surface area (Å²) in [5, 5.41) is 3.96. The van der Waals surface area contributed by atoms with Gasteiger partial charge in [0.1, 0.15) is 5.76 Å². The van der Waals surface area contributed by atoms with Crippen LogP contribution in [0.4, 0.5) is 0 Å². The second-order valence-electron chi connectivity index (χ2n) is 4.68. The SMILES string of the molecule is NCc1ccc(-c2nc(CC3CCCCO3)no2)o1. The number of hydrogen-bond acceptors (Lipinski definition) is 6. The normalized spacial score (nSPS) is 19.7. The van der Waals surface area contributed by atoms with E-state index in [9.17, 15) is 0 Å². The summed E-state index contributed by atoms with van der Waals surface area (Å²) in [7, 11) is 0. The van der Waals surface area contributed by atoms with Crippen LogP contribution in [-0.4, -0.2) is 22.9 Å². The van der Waals surface area contributed by atoms with Crippen molar-refractivity contribution >= 4 is 0 Å². The average molecular weight is 263 g/mol. The minimum Gasteiger partial charge on any atom is -0.455 e. The Hall–Kier alpha value is -1.66. The Morgan fingerprint density at radius 3 is 3.00 bits per heavy atom. The molecule has 1 unspecified atom stereocenters. The highest BCUT2D eigenvalue weighted by Gasteiger charge is 2.19. The van der Waals surface area contributed by atoms with Crippen molar-refractivity contribution in [1.82, 2.24) is 10.1 Å². The van der Waals surface area contributed by atoms with Crippen LogP contribution < -0.4 is 5.73 Å². The van der Waals surface area contributed by atoms with E-state index in [-0.39, 0.29) is 6.10 Å². The molecule has 0 saturated carbocycles. The molecule has 3 heterocycles. The van der Waals surface area contributed by atoms with Crippen LogP contribution in [0.25, 0.3) is 11.7 Å². The zero-order valence-electron chi connectivity index (χ0n) is 10.7. The van der Waals surface area contributed by atoms with E-state index >= 15 is 0 Å². The summed E-state index contributed by atoms with van der Waals surface area (Å²) in [6.07, 6.45) is 4.29. The van der Waals surface area contributed by atoms with Gasteiger partial charge in [0.05, 0.1) is 12.6 Å². The third-order valence-corrected chi connectivity index (χ3v) is 3.23. The van der Waals surface area contributed by atoms with Crippen LogP contribution >= 0.6 is 0 Å².